The molecule has 0 spiro atoms. The first-order chi connectivity index (χ1) is 13.3. The zero-order valence-electron chi connectivity index (χ0n) is 14.9. The summed E-state index contributed by atoms with van der Waals surface area (Å²) in [6, 6.07) is 15.4. The van der Waals surface area contributed by atoms with Gasteiger partial charge in [-0.05, 0) is 6.07 Å². The number of para-hydroxylation sites is 1. The Morgan fingerprint density at radius 1 is 1.11 bits per heavy atom. The summed E-state index contributed by atoms with van der Waals surface area (Å²) in [5, 5.41) is 2.63. The SMILES string of the molecule is CN(Cc1ccccc1OC(F)(F)F)C(=O)Cc1csc(-c2ccccc2)n1. The number of carbonyl (C=O) groups excluding carboxylic acids is 1. The standard InChI is InChI=1S/C20H17F3N2O2S/c1-25(12-15-9-5-6-10-17(15)27-20(21,22)23)18(26)11-16-13-28-19(24-16)14-7-3-2-4-8-14/h2-10,13H,11-12H2,1H3. The van der Waals surface area contributed by atoms with Gasteiger partial charge in [0.2, 0.25) is 5.91 Å². The summed E-state index contributed by atoms with van der Waals surface area (Å²) < 4.78 is 41.6. The highest BCUT2D eigenvalue weighted by molar-refractivity contribution is 7.13. The molecule has 0 aliphatic carbocycles. The first-order valence-electron chi connectivity index (χ1n) is 8.39. The molecule has 0 saturated heterocycles. The van der Waals surface area contributed by atoms with Crippen molar-refractivity contribution >= 4 is 17.2 Å². The Morgan fingerprint density at radius 2 is 1.79 bits per heavy atom. The number of thiazole rings is 1. The van der Waals surface area contributed by atoms with Crippen molar-refractivity contribution < 1.29 is 22.7 Å². The Labute approximate surface area is 164 Å². The van der Waals surface area contributed by atoms with Crippen molar-refractivity contribution in [2.24, 2.45) is 0 Å². The molecular weight excluding hydrogens is 389 g/mol. The van der Waals surface area contributed by atoms with Crippen LogP contribution in [0.15, 0.2) is 60.0 Å². The van der Waals surface area contributed by atoms with Crippen molar-refractivity contribution in [3.8, 4) is 16.3 Å². The Balaban J connectivity index is 1.65. The predicted molar refractivity (Wildman–Crippen MR) is 101 cm³/mol. The molecule has 0 aliphatic rings. The lowest BCUT2D eigenvalue weighted by molar-refractivity contribution is -0.275. The molecule has 8 heteroatoms. The first kappa shape index (κ1) is 19.9. The van der Waals surface area contributed by atoms with Crippen LogP contribution < -0.4 is 4.74 Å². The van der Waals surface area contributed by atoms with Crippen LogP contribution in [0.1, 0.15) is 11.3 Å². The fraction of sp³-hybridized carbons (Fsp3) is 0.200. The zero-order chi connectivity index (χ0) is 20.1. The number of nitrogens with zero attached hydrogens (tertiary/aromatic N) is 2. The third-order valence-corrected chi connectivity index (χ3v) is 4.88. The maximum Gasteiger partial charge on any atom is 0.573 e. The molecule has 0 fully saturated rings. The minimum atomic E-state index is -4.78. The third kappa shape index (κ3) is 5.32. The van der Waals surface area contributed by atoms with E-state index in [1.54, 1.807) is 6.07 Å². The average Bonchev–Trinajstić information content (AvgIpc) is 3.11. The molecule has 3 rings (SSSR count). The molecule has 0 saturated carbocycles. The van der Waals surface area contributed by atoms with E-state index in [2.05, 4.69) is 9.72 Å². The lowest BCUT2D eigenvalue weighted by atomic mass is 10.2. The smallest absolute Gasteiger partial charge is 0.405 e. The van der Waals surface area contributed by atoms with Crippen molar-refractivity contribution in [2.75, 3.05) is 7.05 Å². The summed E-state index contributed by atoms with van der Waals surface area (Å²) in [5.41, 5.74) is 1.87. The quantitative estimate of drug-likeness (QED) is 0.584. The molecule has 0 bridgehead atoms. The van der Waals surface area contributed by atoms with Crippen LogP contribution in [-0.4, -0.2) is 29.2 Å². The van der Waals surface area contributed by atoms with E-state index in [1.165, 1.54) is 41.5 Å². The zero-order valence-corrected chi connectivity index (χ0v) is 15.8. The lowest BCUT2D eigenvalue weighted by Gasteiger charge is -2.19. The number of halogens is 3. The second kappa shape index (κ2) is 8.43. The molecule has 146 valence electrons. The number of ether oxygens (including phenoxy) is 1. The fourth-order valence-electron chi connectivity index (χ4n) is 2.59. The highest BCUT2D eigenvalue weighted by Gasteiger charge is 2.32. The van der Waals surface area contributed by atoms with E-state index in [-0.39, 0.29) is 30.2 Å². The van der Waals surface area contributed by atoms with Gasteiger partial charge in [0.05, 0.1) is 12.1 Å². The van der Waals surface area contributed by atoms with Crippen LogP contribution >= 0.6 is 11.3 Å². The Kier molecular flexibility index (Phi) is 5.99. The number of aromatic nitrogens is 1. The van der Waals surface area contributed by atoms with Crippen LogP contribution in [0.3, 0.4) is 0 Å². The van der Waals surface area contributed by atoms with E-state index in [4.69, 9.17) is 0 Å². The van der Waals surface area contributed by atoms with E-state index in [0.717, 1.165) is 10.6 Å². The highest BCUT2D eigenvalue weighted by Crippen LogP contribution is 2.27. The number of alkyl halides is 3. The normalized spacial score (nSPS) is 11.3. The van der Waals surface area contributed by atoms with Gasteiger partial charge in [0.15, 0.2) is 0 Å². The van der Waals surface area contributed by atoms with Gasteiger partial charge in [-0.1, -0.05) is 48.5 Å². The van der Waals surface area contributed by atoms with E-state index < -0.39 is 6.36 Å². The number of amides is 1. The molecule has 28 heavy (non-hydrogen) atoms. The summed E-state index contributed by atoms with van der Waals surface area (Å²) in [5.74, 6) is -0.554. The van der Waals surface area contributed by atoms with Crippen LogP contribution in [-0.2, 0) is 17.8 Å². The summed E-state index contributed by atoms with van der Waals surface area (Å²) in [4.78, 5) is 18.3. The second-order valence-electron chi connectivity index (χ2n) is 6.09. The topological polar surface area (TPSA) is 42.4 Å². The number of carbonyl (C=O) groups is 1. The fourth-order valence-corrected chi connectivity index (χ4v) is 3.42. The number of benzene rings is 2. The van der Waals surface area contributed by atoms with Gasteiger partial charge in [-0.3, -0.25) is 4.79 Å². The van der Waals surface area contributed by atoms with Crippen molar-refractivity contribution in [3.05, 3.63) is 71.2 Å². The van der Waals surface area contributed by atoms with Crippen molar-refractivity contribution in [3.63, 3.8) is 0 Å². The summed E-state index contributed by atoms with van der Waals surface area (Å²) in [6.07, 6.45) is -4.71. The molecule has 3 aromatic rings. The number of likely N-dealkylation sites (N-methyl/N-ethyl adjacent to an activating group) is 1. The third-order valence-electron chi connectivity index (χ3n) is 3.94. The first-order valence-corrected chi connectivity index (χ1v) is 9.27. The van der Waals surface area contributed by atoms with Crippen LogP contribution in [0.4, 0.5) is 13.2 Å². The average molecular weight is 406 g/mol. The van der Waals surface area contributed by atoms with Gasteiger partial charge in [-0.25, -0.2) is 4.98 Å². The Hall–Kier alpha value is -2.87. The van der Waals surface area contributed by atoms with Gasteiger partial charge < -0.3 is 9.64 Å². The maximum absolute atomic E-state index is 12.5. The summed E-state index contributed by atoms with van der Waals surface area (Å²) in [6.45, 7) is 0.000760. The van der Waals surface area contributed by atoms with Crippen molar-refractivity contribution in [1.82, 2.24) is 9.88 Å². The molecule has 0 N–H and O–H groups in total. The molecule has 4 nitrogen and oxygen atoms in total. The van der Waals surface area contributed by atoms with Crippen LogP contribution in [0.5, 0.6) is 5.75 Å². The van der Waals surface area contributed by atoms with Crippen LogP contribution in [0.2, 0.25) is 0 Å². The second-order valence-corrected chi connectivity index (χ2v) is 6.95. The molecule has 0 radical (unpaired) electrons. The molecule has 1 heterocycles. The lowest BCUT2D eigenvalue weighted by Crippen LogP contribution is -2.28. The van der Waals surface area contributed by atoms with Gasteiger partial charge in [0.25, 0.3) is 0 Å². The van der Waals surface area contributed by atoms with E-state index in [0.29, 0.717) is 5.69 Å². The van der Waals surface area contributed by atoms with Gasteiger partial charge in [0, 0.05) is 30.1 Å². The van der Waals surface area contributed by atoms with Crippen LogP contribution in [0.25, 0.3) is 10.6 Å². The van der Waals surface area contributed by atoms with Gasteiger partial charge in [-0.15, -0.1) is 24.5 Å². The highest BCUT2D eigenvalue weighted by atomic mass is 32.1. The summed E-state index contributed by atoms with van der Waals surface area (Å²) >= 11 is 1.44. The molecule has 1 amide bonds. The molecule has 0 atom stereocenters. The molecule has 1 aromatic heterocycles. The summed E-state index contributed by atoms with van der Waals surface area (Å²) in [7, 11) is 1.54. The van der Waals surface area contributed by atoms with Gasteiger partial charge >= 0.3 is 6.36 Å². The molecule has 0 aliphatic heterocycles. The van der Waals surface area contributed by atoms with Crippen LogP contribution in [0, 0.1) is 0 Å². The minimum absolute atomic E-state index is 0.000760. The maximum atomic E-state index is 12.5. The Morgan fingerprint density at radius 3 is 2.50 bits per heavy atom. The largest absolute Gasteiger partial charge is 0.573 e. The van der Waals surface area contributed by atoms with E-state index >= 15 is 0 Å². The van der Waals surface area contributed by atoms with Crippen molar-refractivity contribution in [2.45, 2.75) is 19.3 Å². The number of rotatable bonds is 6. The molecule has 0 unspecified atom stereocenters. The number of hydrogen-bond donors (Lipinski definition) is 0. The molecule has 2 aromatic carbocycles. The van der Waals surface area contributed by atoms with E-state index in [1.807, 2.05) is 35.7 Å². The van der Waals surface area contributed by atoms with Gasteiger partial charge in [-0.2, -0.15) is 0 Å². The van der Waals surface area contributed by atoms with E-state index in [9.17, 15) is 18.0 Å². The van der Waals surface area contributed by atoms with Gasteiger partial charge in [0.1, 0.15) is 10.8 Å². The Bertz CT molecular complexity index is 942. The predicted octanol–water partition coefficient (Wildman–Crippen LogP) is 4.91. The number of hydrogen-bond acceptors (Lipinski definition) is 4. The van der Waals surface area contributed by atoms with Crippen molar-refractivity contribution in [1.29, 1.82) is 0 Å². The minimum Gasteiger partial charge on any atom is -0.405 e. The monoisotopic (exact) mass is 406 g/mol. The molecular formula is C20H17F3N2O2S.